The number of nitrogens with zero attached hydrogens (tertiary/aromatic N) is 2. The van der Waals surface area contributed by atoms with Crippen molar-refractivity contribution >= 4 is 28.1 Å². The number of carbonyl (C=O) groups excluding carboxylic acids is 1. The minimum absolute atomic E-state index is 0.0105. The van der Waals surface area contributed by atoms with Gasteiger partial charge in [-0.15, -0.1) is 0 Å². The predicted octanol–water partition coefficient (Wildman–Crippen LogP) is 3.17. The standard InChI is InChI=1S/C24H22FN3O5S/c1-17-10-12-20(13-11-17)34(32,33)28(15-19-7-3-5-9-22(19)25)16-23(29)27-26-14-18-6-2-4-8-21(18)24(30)31/h2-14H,15-16H2,1H3,(H,27,29)(H,30,31)/b26-14+. The molecular formula is C24H22FN3O5S. The normalized spacial score (nSPS) is 11.6. The highest BCUT2D eigenvalue weighted by Crippen LogP contribution is 2.20. The van der Waals surface area contributed by atoms with Crippen molar-refractivity contribution < 1.29 is 27.5 Å². The second-order valence-corrected chi connectivity index (χ2v) is 9.30. The van der Waals surface area contributed by atoms with E-state index in [0.29, 0.717) is 0 Å². The van der Waals surface area contributed by atoms with Crippen LogP contribution in [0.2, 0.25) is 0 Å². The van der Waals surface area contributed by atoms with Gasteiger partial charge in [0.05, 0.1) is 23.2 Å². The first-order valence-electron chi connectivity index (χ1n) is 10.1. The van der Waals surface area contributed by atoms with Crippen LogP contribution in [0.1, 0.15) is 27.0 Å². The summed E-state index contributed by atoms with van der Waals surface area (Å²) in [6.45, 7) is 0.797. The van der Waals surface area contributed by atoms with Crippen molar-refractivity contribution in [3.05, 3.63) is 101 Å². The van der Waals surface area contributed by atoms with Crippen LogP contribution in [0.3, 0.4) is 0 Å². The summed E-state index contributed by atoms with van der Waals surface area (Å²) in [5.74, 6) is -2.54. The summed E-state index contributed by atoms with van der Waals surface area (Å²) in [6.07, 6.45) is 1.15. The van der Waals surface area contributed by atoms with Crippen LogP contribution < -0.4 is 5.43 Å². The lowest BCUT2D eigenvalue weighted by Crippen LogP contribution is -2.39. The van der Waals surface area contributed by atoms with Crippen LogP contribution in [0.25, 0.3) is 0 Å². The Morgan fingerprint density at radius 2 is 1.68 bits per heavy atom. The number of rotatable bonds is 9. The van der Waals surface area contributed by atoms with E-state index in [2.05, 4.69) is 10.5 Å². The first-order chi connectivity index (χ1) is 16.2. The van der Waals surface area contributed by atoms with E-state index in [0.717, 1.165) is 16.1 Å². The van der Waals surface area contributed by atoms with Crippen molar-refractivity contribution in [1.82, 2.24) is 9.73 Å². The van der Waals surface area contributed by atoms with Crippen LogP contribution in [0.15, 0.2) is 82.8 Å². The predicted molar refractivity (Wildman–Crippen MR) is 124 cm³/mol. The van der Waals surface area contributed by atoms with Crippen LogP contribution in [-0.2, 0) is 21.4 Å². The van der Waals surface area contributed by atoms with Gasteiger partial charge in [0.15, 0.2) is 0 Å². The highest BCUT2D eigenvalue weighted by atomic mass is 32.2. The monoisotopic (exact) mass is 483 g/mol. The molecule has 176 valence electrons. The minimum Gasteiger partial charge on any atom is -0.478 e. The zero-order chi connectivity index (χ0) is 24.7. The molecule has 0 bridgehead atoms. The lowest BCUT2D eigenvalue weighted by molar-refractivity contribution is -0.121. The van der Waals surface area contributed by atoms with Crippen molar-refractivity contribution in [3.8, 4) is 0 Å². The van der Waals surface area contributed by atoms with E-state index in [1.165, 1.54) is 42.5 Å². The molecule has 0 aliphatic rings. The van der Waals surface area contributed by atoms with E-state index < -0.39 is 34.3 Å². The number of hydrogen-bond donors (Lipinski definition) is 2. The number of carboxylic acids is 1. The summed E-state index contributed by atoms with van der Waals surface area (Å²) < 4.78 is 41.5. The zero-order valence-corrected chi connectivity index (χ0v) is 19.0. The number of benzene rings is 3. The van der Waals surface area contributed by atoms with Gasteiger partial charge in [0.25, 0.3) is 5.91 Å². The number of halogens is 1. The molecule has 1 amide bonds. The molecule has 8 nitrogen and oxygen atoms in total. The van der Waals surface area contributed by atoms with Crippen LogP contribution in [-0.4, -0.2) is 42.5 Å². The molecule has 0 fully saturated rings. The van der Waals surface area contributed by atoms with Gasteiger partial charge in [0.1, 0.15) is 5.82 Å². The molecule has 3 rings (SSSR count). The number of hydrazone groups is 1. The van der Waals surface area contributed by atoms with Gasteiger partial charge in [-0.05, 0) is 31.2 Å². The lowest BCUT2D eigenvalue weighted by atomic mass is 10.1. The van der Waals surface area contributed by atoms with E-state index in [4.69, 9.17) is 0 Å². The quantitative estimate of drug-likeness (QED) is 0.358. The number of sulfonamides is 1. The maximum atomic E-state index is 14.2. The minimum atomic E-state index is -4.15. The van der Waals surface area contributed by atoms with Crippen molar-refractivity contribution in [2.75, 3.05) is 6.54 Å². The Hall–Kier alpha value is -3.89. The number of aryl methyl sites for hydroxylation is 1. The van der Waals surface area contributed by atoms with Gasteiger partial charge < -0.3 is 5.11 Å². The summed E-state index contributed by atoms with van der Waals surface area (Å²) >= 11 is 0. The Morgan fingerprint density at radius 3 is 2.35 bits per heavy atom. The lowest BCUT2D eigenvalue weighted by Gasteiger charge is -2.22. The summed E-state index contributed by atoms with van der Waals surface area (Å²) in [6, 6.07) is 17.8. The molecule has 0 aliphatic carbocycles. The molecular weight excluding hydrogens is 461 g/mol. The SMILES string of the molecule is Cc1ccc(S(=O)(=O)N(CC(=O)N/N=C/c2ccccc2C(=O)O)Cc2ccccc2F)cc1. The van der Waals surface area contributed by atoms with Gasteiger partial charge in [-0.3, -0.25) is 4.79 Å². The number of amides is 1. The first kappa shape index (κ1) is 24.7. The van der Waals surface area contributed by atoms with Gasteiger partial charge in [-0.25, -0.2) is 23.0 Å². The molecule has 0 aliphatic heterocycles. The highest BCUT2D eigenvalue weighted by molar-refractivity contribution is 7.89. The fraction of sp³-hybridized carbons (Fsp3) is 0.125. The third-order valence-electron chi connectivity index (χ3n) is 4.87. The molecule has 0 aromatic heterocycles. The molecule has 0 saturated carbocycles. The molecule has 0 atom stereocenters. The second kappa shape index (κ2) is 10.8. The van der Waals surface area contributed by atoms with Crippen molar-refractivity contribution in [3.63, 3.8) is 0 Å². The summed E-state index contributed by atoms with van der Waals surface area (Å²) in [4.78, 5) is 23.8. The molecule has 0 spiro atoms. The largest absolute Gasteiger partial charge is 0.478 e. The van der Waals surface area contributed by atoms with Gasteiger partial charge in [-0.1, -0.05) is 54.1 Å². The highest BCUT2D eigenvalue weighted by Gasteiger charge is 2.27. The van der Waals surface area contributed by atoms with Gasteiger partial charge in [0, 0.05) is 17.7 Å². The zero-order valence-electron chi connectivity index (χ0n) is 18.2. The molecule has 0 saturated heterocycles. The fourth-order valence-corrected chi connectivity index (χ4v) is 4.45. The average molecular weight is 484 g/mol. The number of nitrogens with one attached hydrogen (secondary N) is 1. The van der Waals surface area contributed by atoms with Crippen LogP contribution in [0.4, 0.5) is 4.39 Å². The Morgan fingerprint density at radius 1 is 1.03 bits per heavy atom. The molecule has 34 heavy (non-hydrogen) atoms. The Kier molecular flexibility index (Phi) is 7.87. The summed E-state index contributed by atoms with van der Waals surface area (Å²) in [7, 11) is -4.15. The first-order valence-corrected chi connectivity index (χ1v) is 11.6. The van der Waals surface area contributed by atoms with Crippen molar-refractivity contribution in [1.29, 1.82) is 0 Å². The Labute approximate surface area is 196 Å². The van der Waals surface area contributed by atoms with E-state index in [1.54, 1.807) is 30.3 Å². The fourth-order valence-electron chi connectivity index (χ4n) is 3.08. The van der Waals surface area contributed by atoms with Crippen LogP contribution in [0.5, 0.6) is 0 Å². The number of hydrogen-bond acceptors (Lipinski definition) is 5. The number of carbonyl (C=O) groups is 2. The Bertz CT molecular complexity index is 1320. The topological polar surface area (TPSA) is 116 Å². The molecule has 0 radical (unpaired) electrons. The van der Waals surface area contributed by atoms with Gasteiger partial charge in [0.2, 0.25) is 10.0 Å². The molecule has 0 unspecified atom stereocenters. The second-order valence-electron chi connectivity index (χ2n) is 7.36. The van der Waals surface area contributed by atoms with E-state index >= 15 is 0 Å². The van der Waals surface area contributed by atoms with Gasteiger partial charge >= 0.3 is 5.97 Å². The van der Waals surface area contributed by atoms with Crippen molar-refractivity contribution in [2.24, 2.45) is 5.10 Å². The molecule has 2 N–H and O–H groups in total. The molecule has 3 aromatic rings. The third-order valence-corrected chi connectivity index (χ3v) is 6.67. The number of aromatic carboxylic acids is 1. The van der Waals surface area contributed by atoms with Crippen molar-refractivity contribution in [2.45, 2.75) is 18.4 Å². The van der Waals surface area contributed by atoms with E-state index in [-0.39, 0.29) is 28.1 Å². The van der Waals surface area contributed by atoms with Gasteiger partial charge in [-0.2, -0.15) is 9.41 Å². The summed E-state index contributed by atoms with van der Waals surface area (Å²) in [5, 5.41) is 13.0. The third kappa shape index (κ3) is 6.12. The average Bonchev–Trinajstić information content (AvgIpc) is 2.80. The van der Waals surface area contributed by atoms with E-state index in [1.807, 2.05) is 6.92 Å². The maximum absolute atomic E-state index is 14.2. The molecule has 3 aromatic carbocycles. The Balaban J connectivity index is 1.82. The number of carboxylic acid groups (broad SMARTS) is 1. The molecule has 0 heterocycles. The van der Waals surface area contributed by atoms with E-state index in [9.17, 15) is 27.5 Å². The van der Waals surface area contributed by atoms with Crippen LogP contribution >= 0.6 is 0 Å². The maximum Gasteiger partial charge on any atom is 0.336 e. The molecule has 10 heteroatoms. The smallest absolute Gasteiger partial charge is 0.336 e. The summed E-state index contributed by atoms with van der Waals surface area (Å²) in [5.41, 5.74) is 3.40. The van der Waals surface area contributed by atoms with Crippen LogP contribution in [0, 0.1) is 12.7 Å².